The fourth-order valence-electron chi connectivity index (χ4n) is 4.32. The number of amidine groups is 1. The van der Waals surface area contributed by atoms with E-state index in [9.17, 15) is 14.9 Å². The number of furan rings is 1. The van der Waals surface area contributed by atoms with Crippen LogP contribution in [0.4, 0.5) is 5.69 Å². The number of carbonyl (C=O) groups excluding carboxylic acids is 2. The van der Waals surface area contributed by atoms with Crippen LogP contribution >= 0.6 is 0 Å². The van der Waals surface area contributed by atoms with E-state index >= 15 is 0 Å². The molecule has 2 saturated heterocycles. The van der Waals surface area contributed by atoms with Gasteiger partial charge in [0.2, 0.25) is 17.6 Å². The van der Waals surface area contributed by atoms with Gasteiger partial charge in [-0.2, -0.15) is 5.26 Å². The minimum absolute atomic E-state index is 0.0383. The minimum Gasteiger partial charge on any atom is -0.461 e. The Morgan fingerprint density at radius 1 is 1.33 bits per heavy atom. The van der Waals surface area contributed by atoms with E-state index in [1.165, 1.54) is 0 Å². The first-order chi connectivity index (χ1) is 16.0. The van der Waals surface area contributed by atoms with Gasteiger partial charge in [0.15, 0.2) is 6.07 Å². The first-order valence-corrected chi connectivity index (χ1v) is 11.2. The number of aliphatic imine (C=N–C) groups is 1. The number of nitrogens with zero attached hydrogens (tertiary/aromatic N) is 5. The number of benzene rings is 1. The SMILES string of the molecule is [C-]#[N+]C(C#N)C(=NC1CCCN(CC(=O)N2CCCC2)C1=O)Nc1ccc2oc(C)cc2c1. The molecule has 0 spiro atoms. The number of hydrogen-bond donors (Lipinski definition) is 1. The molecule has 2 aliphatic rings. The van der Waals surface area contributed by atoms with Gasteiger partial charge in [-0.3, -0.25) is 19.4 Å². The second-order valence-corrected chi connectivity index (χ2v) is 8.42. The molecule has 0 bridgehead atoms. The lowest BCUT2D eigenvalue weighted by atomic mass is 10.0. The standard InChI is InChI=1S/C24H26N6O3/c1-16-12-17-13-18(7-8-21(17)33-16)27-23(20(14-25)26-2)28-19-6-5-11-30(24(19)32)15-22(31)29-9-3-4-10-29/h7-8,12-13,19-20H,3-6,9-11,15H2,1H3,(H,27,28). The van der Waals surface area contributed by atoms with Crippen LogP contribution in [0.2, 0.25) is 0 Å². The quantitative estimate of drug-likeness (QED) is 0.432. The largest absolute Gasteiger partial charge is 0.461 e. The summed E-state index contributed by atoms with van der Waals surface area (Å²) in [6.07, 6.45) is 3.21. The molecule has 1 aromatic carbocycles. The van der Waals surface area contributed by atoms with Crippen LogP contribution in [0.3, 0.4) is 0 Å². The number of hydrogen-bond acceptors (Lipinski definition) is 5. The number of amides is 2. The number of fused-ring (bicyclic) bond motifs is 1. The van der Waals surface area contributed by atoms with Gasteiger partial charge >= 0.3 is 6.04 Å². The van der Waals surface area contributed by atoms with Crippen LogP contribution in [0.1, 0.15) is 31.4 Å². The Bertz CT molecular complexity index is 1150. The van der Waals surface area contributed by atoms with E-state index < -0.39 is 12.1 Å². The highest BCUT2D eigenvalue weighted by Crippen LogP contribution is 2.24. The van der Waals surface area contributed by atoms with Gasteiger partial charge in [0.05, 0.1) is 6.54 Å². The number of rotatable bonds is 5. The predicted octanol–water partition coefficient (Wildman–Crippen LogP) is 2.98. The van der Waals surface area contributed by atoms with Crippen LogP contribution in [0.25, 0.3) is 15.8 Å². The maximum Gasteiger partial charge on any atom is 0.363 e. The minimum atomic E-state index is -1.17. The first kappa shape index (κ1) is 22.3. The van der Waals surface area contributed by atoms with Crippen molar-refractivity contribution >= 4 is 34.3 Å². The first-order valence-electron chi connectivity index (χ1n) is 11.2. The average molecular weight is 447 g/mol. The lowest BCUT2D eigenvalue weighted by molar-refractivity contribution is -0.142. The highest BCUT2D eigenvalue weighted by atomic mass is 16.3. The van der Waals surface area contributed by atoms with Gasteiger partial charge in [0.1, 0.15) is 17.4 Å². The second kappa shape index (κ2) is 9.74. The van der Waals surface area contributed by atoms with E-state index in [4.69, 9.17) is 11.0 Å². The maximum atomic E-state index is 13.1. The zero-order valence-electron chi connectivity index (χ0n) is 18.6. The van der Waals surface area contributed by atoms with E-state index in [-0.39, 0.29) is 24.2 Å². The van der Waals surface area contributed by atoms with Crippen LogP contribution in [0.5, 0.6) is 0 Å². The van der Waals surface area contributed by atoms with Crippen molar-refractivity contribution in [1.82, 2.24) is 9.80 Å². The van der Waals surface area contributed by atoms with Crippen LogP contribution in [-0.2, 0) is 9.59 Å². The molecule has 2 aromatic rings. The van der Waals surface area contributed by atoms with E-state index in [2.05, 4.69) is 15.2 Å². The summed E-state index contributed by atoms with van der Waals surface area (Å²) >= 11 is 0. The monoisotopic (exact) mass is 446 g/mol. The summed E-state index contributed by atoms with van der Waals surface area (Å²) in [5.41, 5.74) is 1.38. The molecule has 0 saturated carbocycles. The summed E-state index contributed by atoms with van der Waals surface area (Å²) in [5.74, 6) is 0.640. The summed E-state index contributed by atoms with van der Waals surface area (Å²) < 4.78 is 5.59. The molecule has 2 atom stereocenters. The molecule has 33 heavy (non-hydrogen) atoms. The third-order valence-corrected chi connectivity index (χ3v) is 6.00. The van der Waals surface area contributed by atoms with Crippen molar-refractivity contribution in [3.63, 3.8) is 0 Å². The lowest BCUT2D eigenvalue weighted by Crippen LogP contribution is -2.49. The van der Waals surface area contributed by atoms with Crippen molar-refractivity contribution in [1.29, 1.82) is 5.26 Å². The molecule has 2 amide bonds. The zero-order chi connectivity index (χ0) is 23.4. The molecule has 1 aromatic heterocycles. The molecule has 9 heteroatoms. The number of carbonyl (C=O) groups is 2. The van der Waals surface area contributed by atoms with Crippen LogP contribution in [-0.4, -0.2) is 65.7 Å². The molecular weight excluding hydrogens is 420 g/mol. The van der Waals surface area contributed by atoms with E-state index in [0.29, 0.717) is 25.1 Å². The zero-order valence-corrected chi connectivity index (χ0v) is 18.6. The van der Waals surface area contributed by atoms with E-state index in [0.717, 1.165) is 42.7 Å². The third-order valence-electron chi connectivity index (χ3n) is 6.00. The third kappa shape index (κ3) is 4.98. The Morgan fingerprint density at radius 2 is 2.12 bits per heavy atom. The fraction of sp³-hybridized carbons (Fsp3) is 0.458. The Labute approximate surface area is 192 Å². The maximum absolute atomic E-state index is 13.1. The summed E-state index contributed by atoms with van der Waals surface area (Å²) in [5, 5.41) is 13.5. The highest BCUT2D eigenvalue weighted by Gasteiger charge is 2.33. The molecule has 0 aliphatic carbocycles. The van der Waals surface area contributed by atoms with Gasteiger partial charge in [-0.1, -0.05) is 0 Å². The topological polar surface area (TPSA) is 106 Å². The van der Waals surface area contributed by atoms with Gasteiger partial charge in [0, 0.05) is 30.7 Å². The van der Waals surface area contributed by atoms with Crippen LogP contribution < -0.4 is 5.32 Å². The van der Waals surface area contributed by atoms with Gasteiger partial charge in [-0.15, -0.1) is 0 Å². The van der Waals surface area contributed by atoms with Crippen LogP contribution in [0.15, 0.2) is 33.7 Å². The van der Waals surface area contributed by atoms with Gasteiger partial charge in [-0.25, -0.2) is 6.57 Å². The number of aryl methyl sites for hydroxylation is 1. The fourth-order valence-corrected chi connectivity index (χ4v) is 4.32. The molecule has 2 fully saturated rings. The molecule has 1 N–H and O–H groups in total. The number of nitriles is 1. The molecule has 2 unspecified atom stereocenters. The van der Waals surface area contributed by atoms with Crippen LogP contribution in [0, 0.1) is 24.8 Å². The van der Waals surface area contributed by atoms with Crippen molar-refractivity contribution in [2.45, 2.75) is 44.7 Å². The summed E-state index contributed by atoms with van der Waals surface area (Å²) in [6, 6.07) is 7.38. The van der Waals surface area contributed by atoms with E-state index in [1.54, 1.807) is 21.9 Å². The summed E-state index contributed by atoms with van der Waals surface area (Å²) in [7, 11) is 0. The summed E-state index contributed by atoms with van der Waals surface area (Å²) in [6.45, 7) is 11.3. The molecule has 2 aliphatic heterocycles. The Balaban J connectivity index is 1.54. The Morgan fingerprint density at radius 3 is 2.85 bits per heavy atom. The molecule has 0 radical (unpaired) electrons. The van der Waals surface area contributed by atoms with Gasteiger partial charge < -0.3 is 19.5 Å². The number of anilines is 1. The van der Waals surface area contributed by atoms with E-state index in [1.807, 2.05) is 25.1 Å². The molecule has 170 valence electrons. The van der Waals surface area contributed by atoms with Crippen molar-refractivity contribution in [3.05, 3.63) is 41.4 Å². The predicted molar refractivity (Wildman–Crippen MR) is 123 cm³/mol. The van der Waals surface area contributed by atoms with Gasteiger partial charge in [0.25, 0.3) is 0 Å². The smallest absolute Gasteiger partial charge is 0.363 e. The molecule has 3 heterocycles. The summed E-state index contributed by atoms with van der Waals surface area (Å²) in [4.78, 5) is 36.9. The molecular formula is C24H26N6O3. The van der Waals surface area contributed by atoms with Crippen molar-refractivity contribution in [3.8, 4) is 6.07 Å². The Kier molecular flexibility index (Phi) is 6.60. The lowest BCUT2D eigenvalue weighted by Gasteiger charge is -2.31. The Hall–Kier alpha value is -3.85. The molecule has 9 nitrogen and oxygen atoms in total. The second-order valence-electron chi connectivity index (χ2n) is 8.42. The number of nitrogens with one attached hydrogen (secondary N) is 1. The normalized spacial score (nSPS) is 19.9. The highest BCUT2D eigenvalue weighted by molar-refractivity contribution is 6.04. The number of likely N-dealkylation sites (tertiary alicyclic amines) is 2. The van der Waals surface area contributed by atoms with Crippen molar-refractivity contribution < 1.29 is 14.0 Å². The average Bonchev–Trinajstić information content (AvgIpc) is 3.46. The number of piperidine rings is 1. The molecule has 4 rings (SSSR count). The van der Waals surface area contributed by atoms with Crippen molar-refractivity contribution in [2.24, 2.45) is 4.99 Å². The van der Waals surface area contributed by atoms with Crippen molar-refractivity contribution in [2.75, 3.05) is 31.5 Å². The van der Waals surface area contributed by atoms with Gasteiger partial charge in [-0.05, 0) is 56.9 Å².